The highest BCUT2D eigenvalue weighted by Crippen LogP contribution is 2.63. The Labute approximate surface area is 456 Å². The minimum absolute atomic E-state index is 0.0272. The Hall–Kier alpha value is -5.80. The molecule has 0 aromatic heterocycles. The number of hydrogen-bond donors (Lipinski definition) is 0. The van der Waals surface area contributed by atoms with E-state index in [1.54, 1.807) is 0 Å². The summed E-state index contributed by atoms with van der Waals surface area (Å²) in [6, 6.07) is 45.2. The predicted octanol–water partition coefficient (Wildman–Crippen LogP) is 18.4. The van der Waals surface area contributed by atoms with E-state index in [0.29, 0.717) is 0 Å². The first-order valence-electron chi connectivity index (χ1n) is 29.3. The molecule has 0 fully saturated rings. The standard InChI is InChI=1S/C73H81BN2/c1-42-36-53-56(70(10,11)34-32-67(53,4)5)40-59(42)75-64-58(29-28-52-61(64)45-23-19-21-25-50(45)72(52,14)15)74-63-48(38-47-44-22-18-20-24-49(44)73(16,17)62(47)65(63)75)46-39-55-57(71(12,13)35-33-69(55,8)9)41-60(46)76(74)43-26-27-51-54(37-43)68(6,7)31-30-66(51,2)3/h18-29,36-41H,30-35H2,1-17H3. The molecule has 0 radical (unpaired) electrons. The van der Waals surface area contributed by atoms with E-state index in [4.69, 9.17) is 0 Å². The highest BCUT2D eigenvalue weighted by atomic mass is 15.2. The van der Waals surface area contributed by atoms with E-state index in [0.717, 1.165) is 0 Å². The van der Waals surface area contributed by atoms with Crippen LogP contribution in [0.5, 0.6) is 0 Å². The molecule has 7 aromatic carbocycles. The SMILES string of the molecule is Cc1cc2c(cc1N1c3c(ccc4c3-c3ccccc3C4(C)C)B3c4c(cc5c(c41)C(C)(C)c1ccccc1-5)-c1cc4c(cc1N3c1ccc3c(c1)C(C)(C)CCC3(C)C)C(C)(C)CCC4(C)C)C(C)(C)CCC2(C)C. The molecule has 0 spiro atoms. The summed E-state index contributed by atoms with van der Waals surface area (Å²) in [5.74, 6) is 0. The largest absolute Gasteiger partial charge is 0.376 e. The molecule has 76 heavy (non-hydrogen) atoms. The molecule has 0 N–H and O–H groups in total. The third-order valence-electron chi connectivity index (χ3n) is 21.9. The fraction of sp³-hybridized carbons (Fsp3) is 0.425. The Morgan fingerprint density at radius 1 is 0.368 bits per heavy atom. The number of anilines is 5. The van der Waals surface area contributed by atoms with E-state index in [1.165, 1.54) is 172 Å². The smallest absolute Gasteiger partial charge is 0.333 e. The molecule has 2 heterocycles. The van der Waals surface area contributed by atoms with E-state index in [1.807, 2.05) is 0 Å². The van der Waals surface area contributed by atoms with Crippen molar-refractivity contribution in [2.75, 3.05) is 9.71 Å². The van der Waals surface area contributed by atoms with Gasteiger partial charge in [-0.25, -0.2) is 0 Å². The van der Waals surface area contributed by atoms with Crippen LogP contribution < -0.4 is 20.6 Å². The average molecular weight is 997 g/mol. The fourth-order valence-corrected chi connectivity index (χ4v) is 16.8. The van der Waals surface area contributed by atoms with Crippen molar-refractivity contribution in [3.63, 3.8) is 0 Å². The molecule has 0 amide bonds. The Morgan fingerprint density at radius 3 is 1.46 bits per heavy atom. The summed E-state index contributed by atoms with van der Waals surface area (Å²) < 4.78 is 0. The zero-order valence-electron chi connectivity index (χ0n) is 49.1. The lowest BCUT2D eigenvalue weighted by molar-refractivity contribution is 0.332. The molecule has 7 aliphatic rings. The molecule has 7 aromatic rings. The number of benzene rings is 7. The van der Waals surface area contributed by atoms with Gasteiger partial charge in [0.1, 0.15) is 0 Å². The van der Waals surface area contributed by atoms with Crippen LogP contribution in [0, 0.1) is 6.92 Å². The minimum atomic E-state index is -0.288. The maximum Gasteiger partial charge on any atom is 0.333 e. The molecule has 386 valence electrons. The molecular formula is C73H81BN2. The lowest BCUT2D eigenvalue weighted by Gasteiger charge is -2.50. The number of nitrogens with zero attached hydrogens (tertiary/aromatic N) is 2. The van der Waals surface area contributed by atoms with E-state index >= 15 is 0 Å². The van der Waals surface area contributed by atoms with Crippen LogP contribution >= 0.6 is 0 Å². The van der Waals surface area contributed by atoms with Crippen LogP contribution in [0.3, 0.4) is 0 Å². The van der Waals surface area contributed by atoms with E-state index in [2.05, 4.69) is 237 Å². The summed E-state index contributed by atoms with van der Waals surface area (Å²) in [6.07, 6.45) is 7.07. The number of fused-ring (bicyclic) bond motifs is 15. The lowest BCUT2D eigenvalue weighted by atomic mass is 9.42. The lowest BCUT2D eigenvalue weighted by Crippen LogP contribution is -2.62. The van der Waals surface area contributed by atoms with Gasteiger partial charge in [0.15, 0.2) is 0 Å². The molecule has 0 unspecified atom stereocenters. The molecule has 3 heteroatoms. The van der Waals surface area contributed by atoms with Crippen LogP contribution in [-0.2, 0) is 43.3 Å². The molecule has 0 saturated heterocycles. The molecular weight excluding hydrogens is 916 g/mol. The highest BCUT2D eigenvalue weighted by molar-refractivity contribution is 6.94. The van der Waals surface area contributed by atoms with E-state index in [9.17, 15) is 0 Å². The Kier molecular flexibility index (Phi) is 9.49. The first kappa shape index (κ1) is 48.6. The van der Waals surface area contributed by atoms with Crippen LogP contribution in [-0.4, -0.2) is 6.85 Å². The van der Waals surface area contributed by atoms with Gasteiger partial charge in [-0.2, -0.15) is 0 Å². The molecule has 2 aliphatic heterocycles. The summed E-state index contributed by atoms with van der Waals surface area (Å²) >= 11 is 0. The number of hydrogen-bond acceptors (Lipinski definition) is 2. The first-order chi connectivity index (χ1) is 35.6. The zero-order chi connectivity index (χ0) is 53.6. The third kappa shape index (κ3) is 6.18. The van der Waals surface area contributed by atoms with Gasteiger partial charge < -0.3 is 9.71 Å². The minimum Gasteiger partial charge on any atom is -0.376 e. The Bertz CT molecular complexity index is 3750. The second-order valence-electron chi connectivity index (χ2n) is 30.1. The van der Waals surface area contributed by atoms with Crippen molar-refractivity contribution < 1.29 is 0 Å². The normalized spacial score (nSPS) is 21.7. The van der Waals surface area contributed by atoms with Crippen molar-refractivity contribution in [1.29, 1.82) is 0 Å². The highest BCUT2D eigenvalue weighted by Gasteiger charge is 2.54. The van der Waals surface area contributed by atoms with Crippen molar-refractivity contribution >= 4 is 46.2 Å². The van der Waals surface area contributed by atoms with Crippen molar-refractivity contribution in [2.24, 2.45) is 0 Å². The Balaban J connectivity index is 1.20. The van der Waals surface area contributed by atoms with Crippen LogP contribution in [0.2, 0.25) is 0 Å². The zero-order valence-corrected chi connectivity index (χ0v) is 49.1. The quantitative estimate of drug-likeness (QED) is 0.159. The van der Waals surface area contributed by atoms with Gasteiger partial charge in [-0.05, 0) is 209 Å². The van der Waals surface area contributed by atoms with Crippen LogP contribution in [0.1, 0.15) is 211 Å². The van der Waals surface area contributed by atoms with Gasteiger partial charge >= 0.3 is 6.85 Å². The molecule has 0 atom stereocenters. The average Bonchev–Trinajstić information content (AvgIpc) is 3.83. The van der Waals surface area contributed by atoms with Crippen LogP contribution in [0.15, 0.2) is 109 Å². The summed E-state index contributed by atoms with van der Waals surface area (Å²) in [5, 5.41) is 0. The molecule has 5 aliphatic carbocycles. The molecule has 0 saturated carbocycles. The summed E-state index contributed by atoms with van der Waals surface area (Å²) in [7, 11) is 0. The van der Waals surface area contributed by atoms with Crippen LogP contribution in [0.25, 0.3) is 33.4 Å². The van der Waals surface area contributed by atoms with Crippen molar-refractivity contribution in [2.45, 2.75) is 200 Å². The molecule has 0 bridgehead atoms. The van der Waals surface area contributed by atoms with Crippen LogP contribution in [0.4, 0.5) is 28.4 Å². The van der Waals surface area contributed by atoms with Gasteiger partial charge in [-0.3, -0.25) is 0 Å². The van der Waals surface area contributed by atoms with Gasteiger partial charge in [0.2, 0.25) is 0 Å². The van der Waals surface area contributed by atoms with E-state index < -0.39 is 0 Å². The first-order valence-corrected chi connectivity index (χ1v) is 29.3. The summed E-state index contributed by atoms with van der Waals surface area (Å²) in [4.78, 5) is 5.78. The van der Waals surface area contributed by atoms with Gasteiger partial charge in [0.05, 0.1) is 5.69 Å². The van der Waals surface area contributed by atoms with Gasteiger partial charge in [0.25, 0.3) is 0 Å². The maximum atomic E-state index is 2.90. The van der Waals surface area contributed by atoms with Gasteiger partial charge in [0, 0.05) is 44.7 Å². The summed E-state index contributed by atoms with van der Waals surface area (Å²) in [6.45, 7) is 42.4. The van der Waals surface area contributed by atoms with Gasteiger partial charge in [-0.1, -0.05) is 184 Å². The number of rotatable bonds is 2. The monoisotopic (exact) mass is 997 g/mol. The van der Waals surface area contributed by atoms with Crippen molar-refractivity contribution in [1.82, 2.24) is 0 Å². The van der Waals surface area contributed by atoms with Gasteiger partial charge in [-0.15, -0.1) is 0 Å². The summed E-state index contributed by atoms with van der Waals surface area (Å²) in [5.41, 5.74) is 33.9. The van der Waals surface area contributed by atoms with Crippen molar-refractivity contribution in [3.05, 3.63) is 170 Å². The molecule has 14 rings (SSSR count). The second-order valence-corrected chi connectivity index (χ2v) is 30.1. The third-order valence-corrected chi connectivity index (χ3v) is 21.9. The molecule has 2 nitrogen and oxygen atoms in total. The topological polar surface area (TPSA) is 6.48 Å². The second kappa shape index (κ2) is 14.9. The maximum absolute atomic E-state index is 2.90. The Morgan fingerprint density at radius 2 is 0.855 bits per heavy atom. The predicted molar refractivity (Wildman–Crippen MR) is 326 cm³/mol. The fourth-order valence-electron chi connectivity index (χ4n) is 16.8. The van der Waals surface area contributed by atoms with Crippen molar-refractivity contribution in [3.8, 4) is 33.4 Å². The number of aryl methyl sites for hydroxylation is 1. The van der Waals surface area contributed by atoms with E-state index in [-0.39, 0.29) is 50.2 Å².